The molecule has 0 aliphatic rings. The first-order valence-corrected chi connectivity index (χ1v) is 5.17. The van der Waals surface area contributed by atoms with Crippen molar-refractivity contribution < 1.29 is 9.63 Å². The van der Waals surface area contributed by atoms with Gasteiger partial charge in [0.05, 0.1) is 5.56 Å². The lowest BCUT2D eigenvalue weighted by molar-refractivity contribution is 0.184. The van der Waals surface area contributed by atoms with Gasteiger partial charge in [-0.25, -0.2) is 0 Å². The molecular formula is C9H10N2O2S. The molecule has 0 amide bonds. The van der Waals surface area contributed by atoms with Crippen molar-refractivity contribution >= 4 is 11.3 Å². The number of thiophene rings is 1. The lowest BCUT2D eigenvalue weighted by Gasteiger charge is -1.92. The van der Waals surface area contributed by atoms with E-state index >= 15 is 0 Å². The Morgan fingerprint density at radius 1 is 1.50 bits per heavy atom. The lowest BCUT2D eigenvalue weighted by atomic mass is 10.2. The van der Waals surface area contributed by atoms with Crippen LogP contribution in [0.3, 0.4) is 0 Å². The molecule has 0 fully saturated rings. The zero-order chi connectivity index (χ0) is 10.1. The molecular weight excluding hydrogens is 200 g/mol. The van der Waals surface area contributed by atoms with Gasteiger partial charge in [-0.1, -0.05) is 5.16 Å². The van der Waals surface area contributed by atoms with E-state index in [4.69, 9.17) is 4.52 Å². The molecule has 0 aliphatic carbocycles. The van der Waals surface area contributed by atoms with Gasteiger partial charge in [-0.15, -0.1) is 0 Å². The highest BCUT2D eigenvalue weighted by atomic mass is 32.1. The normalized spacial score (nSPS) is 13.1. The Morgan fingerprint density at radius 3 is 2.79 bits per heavy atom. The molecule has 1 unspecified atom stereocenters. The van der Waals surface area contributed by atoms with E-state index in [0.29, 0.717) is 11.7 Å². The third-order valence-corrected chi connectivity index (χ3v) is 2.76. The number of hydrogen-bond acceptors (Lipinski definition) is 5. The molecule has 0 spiro atoms. The van der Waals surface area contributed by atoms with E-state index in [9.17, 15) is 5.11 Å². The maximum Gasteiger partial charge on any atom is 0.259 e. The Bertz CT molecular complexity index is 433. The highest BCUT2D eigenvalue weighted by Gasteiger charge is 2.14. The fourth-order valence-electron chi connectivity index (χ4n) is 1.09. The van der Waals surface area contributed by atoms with Gasteiger partial charge in [-0.05, 0) is 24.8 Å². The highest BCUT2D eigenvalue weighted by Crippen LogP contribution is 2.25. The van der Waals surface area contributed by atoms with Crippen molar-refractivity contribution in [3.05, 3.63) is 22.1 Å². The molecule has 5 heteroatoms. The van der Waals surface area contributed by atoms with Crippen molar-refractivity contribution in [1.82, 2.24) is 10.1 Å². The Labute approximate surface area is 85.2 Å². The minimum absolute atomic E-state index is 0.325. The Morgan fingerprint density at radius 2 is 2.29 bits per heavy atom. The lowest BCUT2D eigenvalue weighted by Crippen LogP contribution is -1.92. The zero-order valence-electron chi connectivity index (χ0n) is 7.89. The predicted octanol–water partition coefficient (Wildman–Crippen LogP) is 2.16. The third kappa shape index (κ3) is 1.56. The van der Waals surface area contributed by atoms with Gasteiger partial charge < -0.3 is 9.63 Å². The molecule has 74 valence electrons. The van der Waals surface area contributed by atoms with Gasteiger partial charge >= 0.3 is 0 Å². The van der Waals surface area contributed by atoms with Gasteiger partial charge in [-0.3, -0.25) is 0 Å². The molecule has 2 aromatic rings. The first-order valence-electron chi connectivity index (χ1n) is 4.23. The number of aromatic nitrogens is 2. The second-order valence-corrected chi connectivity index (χ2v) is 3.85. The first-order chi connectivity index (χ1) is 6.68. The van der Waals surface area contributed by atoms with Crippen molar-refractivity contribution in [2.75, 3.05) is 0 Å². The van der Waals surface area contributed by atoms with Crippen LogP contribution in [0.2, 0.25) is 0 Å². The number of aliphatic hydroxyl groups is 1. The Kier molecular flexibility index (Phi) is 2.35. The van der Waals surface area contributed by atoms with Crippen LogP contribution in [-0.4, -0.2) is 15.2 Å². The molecule has 14 heavy (non-hydrogen) atoms. The van der Waals surface area contributed by atoms with Gasteiger partial charge in [0.25, 0.3) is 5.89 Å². The maximum atomic E-state index is 9.22. The minimum atomic E-state index is -0.688. The van der Waals surface area contributed by atoms with Crippen LogP contribution in [0.4, 0.5) is 0 Å². The van der Waals surface area contributed by atoms with Crippen molar-refractivity contribution in [2.45, 2.75) is 20.0 Å². The molecule has 0 saturated carbocycles. The van der Waals surface area contributed by atoms with Gasteiger partial charge in [0.1, 0.15) is 6.10 Å². The standard InChI is InChI=1S/C9H10N2O2S/c1-5-3-14-4-7(5)9-10-8(6(2)12)11-13-9/h3-4,6,12H,1-2H3. The molecule has 0 bridgehead atoms. The second kappa shape index (κ2) is 3.51. The smallest absolute Gasteiger partial charge is 0.259 e. The molecule has 2 heterocycles. The number of rotatable bonds is 2. The Hall–Kier alpha value is -1.20. The van der Waals surface area contributed by atoms with E-state index in [-0.39, 0.29) is 0 Å². The maximum absolute atomic E-state index is 9.22. The van der Waals surface area contributed by atoms with Crippen LogP contribution in [0.1, 0.15) is 24.4 Å². The fourth-order valence-corrected chi connectivity index (χ4v) is 1.92. The largest absolute Gasteiger partial charge is 0.385 e. The summed E-state index contributed by atoms with van der Waals surface area (Å²) < 4.78 is 5.04. The summed E-state index contributed by atoms with van der Waals surface area (Å²) in [5.41, 5.74) is 2.05. The molecule has 1 N–H and O–H groups in total. The van der Waals surface area contributed by atoms with Crippen LogP contribution in [0.15, 0.2) is 15.3 Å². The van der Waals surface area contributed by atoms with Crippen molar-refractivity contribution in [1.29, 1.82) is 0 Å². The molecule has 2 rings (SSSR count). The summed E-state index contributed by atoms with van der Waals surface area (Å²) >= 11 is 1.59. The van der Waals surface area contributed by atoms with Crippen LogP contribution in [0, 0.1) is 6.92 Å². The van der Waals surface area contributed by atoms with Gasteiger partial charge in [0.2, 0.25) is 0 Å². The monoisotopic (exact) mass is 210 g/mol. The number of nitrogens with zero attached hydrogens (tertiary/aromatic N) is 2. The number of aliphatic hydroxyl groups excluding tert-OH is 1. The summed E-state index contributed by atoms with van der Waals surface area (Å²) in [5, 5.41) is 16.9. The van der Waals surface area contributed by atoms with Crippen LogP contribution < -0.4 is 0 Å². The quantitative estimate of drug-likeness (QED) is 0.825. The van der Waals surface area contributed by atoms with Crippen LogP contribution in [0.5, 0.6) is 0 Å². The Balaban J connectivity index is 2.39. The molecule has 0 radical (unpaired) electrons. The summed E-state index contributed by atoms with van der Waals surface area (Å²) in [6, 6.07) is 0. The van der Waals surface area contributed by atoms with Crippen molar-refractivity contribution in [2.24, 2.45) is 0 Å². The summed E-state index contributed by atoms with van der Waals surface area (Å²) in [7, 11) is 0. The van der Waals surface area contributed by atoms with Crippen LogP contribution in [-0.2, 0) is 0 Å². The van der Waals surface area contributed by atoms with Gasteiger partial charge in [0, 0.05) is 5.38 Å². The van der Waals surface area contributed by atoms with Crippen LogP contribution in [0.25, 0.3) is 11.5 Å². The average Bonchev–Trinajstić information content (AvgIpc) is 2.71. The predicted molar refractivity (Wildman–Crippen MR) is 53.0 cm³/mol. The topological polar surface area (TPSA) is 59.2 Å². The van der Waals surface area contributed by atoms with Gasteiger partial charge in [-0.2, -0.15) is 16.3 Å². The van der Waals surface area contributed by atoms with E-state index in [2.05, 4.69) is 10.1 Å². The van der Waals surface area contributed by atoms with E-state index in [0.717, 1.165) is 11.1 Å². The summed E-state index contributed by atoms with van der Waals surface area (Å²) in [4.78, 5) is 4.09. The summed E-state index contributed by atoms with van der Waals surface area (Å²) in [5.74, 6) is 0.797. The third-order valence-electron chi connectivity index (χ3n) is 1.90. The van der Waals surface area contributed by atoms with E-state index in [1.165, 1.54) is 0 Å². The number of hydrogen-bond donors (Lipinski definition) is 1. The van der Waals surface area contributed by atoms with Crippen molar-refractivity contribution in [3.63, 3.8) is 0 Å². The second-order valence-electron chi connectivity index (χ2n) is 3.10. The summed E-state index contributed by atoms with van der Waals surface area (Å²) in [6.45, 7) is 3.59. The molecule has 4 nitrogen and oxygen atoms in total. The molecule has 0 aliphatic heterocycles. The van der Waals surface area contributed by atoms with Crippen LogP contribution >= 0.6 is 11.3 Å². The molecule has 0 aromatic carbocycles. The van der Waals surface area contributed by atoms with E-state index in [1.807, 2.05) is 17.7 Å². The molecule has 1 atom stereocenters. The number of aryl methyl sites for hydroxylation is 1. The highest BCUT2D eigenvalue weighted by molar-refractivity contribution is 7.08. The van der Waals surface area contributed by atoms with Crippen molar-refractivity contribution in [3.8, 4) is 11.5 Å². The van der Waals surface area contributed by atoms with E-state index < -0.39 is 6.10 Å². The summed E-state index contributed by atoms with van der Waals surface area (Å²) in [6.07, 6.45) is -0.688. The SMILES string of the molecule is Cc1cscc1-c1nc(C(C)O)no1. The minimum Gasteiger partial charge on any atom is -0.385 e. The molecule has 0 saturated heterocycles. The van der Waals surface area contributed by atoms with E-state index in [1.54, 1.807) is 18.3 Å². The van der Waals surface area contributed by atoms with Gasteiger partial charge in [0.15, 0.2) is 5.82 Å². The molecule has 2 aromatic heterocycles. The average molecular weight is 210 g/mol. The zero-order valence-corrected chi connectivity index (χ0v) is 8.71. The first kappa shape index (κ1) is 9.36. The fraction of sp³-hybridized carbons (Fsp3) is 0.333.